The van der Waals surface area contributed by atoms with Crippen LogP contribution < -0.4 is 5.32 Å². The van der Waals surface area contributed by atoms with Gasteiger partial charge in [-0.05, 0) is 39.3 Å². The van der Waals surface area contributed by atoms with Crippen LogP contribution in [0.2, 0.25) is 0 Å². The summed E-state index contributed by atoms with van der Waals surface area (Å²) < 4.78 is 22.8. The largest absolute Gasteiger partial charge is 0.316 e. The van der Waals surface area contributed by atoms with Crippen LogP contribution in [0.25, 0.3) is 0 Å². The number of hydrogen-bond acceptors (Lipinski definition) is 3. The Kier molecular flexibility index (Phi) is 6.36. The zero-order valence-corrected chi connectivity index (χ0v) is 10.5. The molecule has 3 nitrogen and oxygen atoms in total. The van der Waals surface area contributed by atoms with Gasteiger partial charge in [-0.25, -0.2) is 8.42 Å². The van der Waals surface area contributed by atoms with Crippen molar-refractivity contribution in [3.05, 3.63) is 0 Å². The fourth-order valence-electron chi connectivity index (χ4n) is 1.02. The van der Waals surface area contributed by atoms with Gasteiger partial charge in [0.15, 0.2) is 9.84 Å². The number of sulfone groups is 1. The van der Waals surface area contributed by atoms with Gasteiger partial charge in [-0.3, -0.25) is 0 Å². The molecule has 0 rings (SSSR count). The molecule has 4 heteroatoms. The molecule has 0 saturated heterocycles. The summed E-state index contributed by atoms with van der Waals surface area (Å²) in [5.41, 5.74) is 0. The van der Waals surface area contributed by atoms with E-state index in [4.69, 9.17) is 0 Å². The van der Waals surface area contributed by atoms with E-state index in [0.717, 1.165) is 13.1 Å². The Labute approximate surface area is 88.2 Å². The monoisotopic (exact) mass is 221 g/mol. The minimum atomic E-state index is -2.84. The van der Waals surface area contributed by atoms with E-state index in [0.29, 0.717) is 18.1 Å². The lowest BCUT2D eigenvalue weighted by atomic mass is 10.2. The van der Waals surface area contributed by atoms with Crippen molar-refractivity contribution in [2.45, 2.75) is 39.4 Å². The third-order valence-corrected chi connectivity index (χ3v) is 4.35. The smallest absolute Gasteiger partial charge is 0.152 e. The molecule has 0 bridgehead atoms. The highest BCUT2D eigenvalue weighted by Crippen LogP contribution is 2.01. The number of nitrogens with one attached hydrogen (secondary N) is 1. The summed E-state index contributed by atoms with van der Waals surface area (Å²) in [6, 6.07) is 0. The Morgan fingerprint density at radius 3 is 2.14 bits per heavy atom. The van der Waals surface area contributed by atoms with Gasteiger partial charge in [0.2, 0.25) is 0 Å². The van der Waals surface area contributed by atoms with Crippen molar-refractivity contribution < 1.29 is 8.42 Å². The van der Waals surface area contributed by atoms with Crippen molar-refractivity contribution in [1.29, 1.82) is 0 Å². The normalized spacial score (nSPS) is 12.7. The zero-order chi connectivity index (χ0) is 11.2. The maximum atomic E-state index is 11.4. The van der Waals surface area contributed by atoms with Crippen molar-refractivity contribution in [1.82, 2.24) is 5.32 Å². The first kappa shape index (κ1) is 13.9. The Morgan fingerprint density at radius 2 is 1.71 bits per heavy atom. The summed E-state index contributed by atoms with van der Waals surface area (Å²) >= 11 is 0. The van der Waals surface area contributed by atoms with Crippen molar-refractivity contribution in [2.75, 3.05) is 18.8 Å². The van der Waals surface area contributed by atoms with Crippen molar-refractivity contribution in [2.24, 2.45) is 5.92 Å². The van der Waals surface area contributed by atoms with Crippen LogP contribution in [-0.4, -0.2) is 32.5 Å². The van der Waals surface area contributed by atoms with Crippen LogP contribution in [0.15, 0.2) is 0 Å². The SMILES string of the molecule is CC(C)CNCCCS(=O)(=O)C(C)C. The molecule has 14 heavy (non-hydrogen) atoms. The molecule has 0 spiro atoms. The predicted molar refractivity (Wildman–Crippen MR) is 61.2 cm³/mol. The highest BCUT2D eigenvalue weighted by molar-refractivity contribution is 7.91. The summed E-state index contributed by atoms with van der Waals surface area (Å²) in [5.74, 6) is 0.923. The molecule has 0 aliphatic carbocycles. The quantitative estimate of drug-likeness (QED) is 0.662. The maximum Gasteiger partial charge on any atom is 0.152 e. The van der Waals surface area contributed by atoms with E-state index in [-0.39, 0.29) is 5.25 Å². The molecule has 86 valence electrons. The number of rotatable bonds is 7. The van der Waals surface area contributed by atoms with E-state index in [2.05, 4.69) is 19.2 Å². The summed E-state index contributed by atoms with van der Waals surface area (Å²) in [5, 5.41) is 2.99. The van der Waals surface area contributed by atoms with Gasteiger partial charge in [-0.1, -0.05) is 13.8 Å². The maximum absolute atomic E-state index is 11.4. The van der Waals surface area contributed by atoms with Gasteiger partial charge in [0.05, 0.1) is 11.0 Å². The minimum absolute atomic E-state index is 0.243. The molecule has 0 unspecified atom stereocenters. The molecule has 0 aliphatic rings. The topological polar surface area (TPSA) is 46.2 Å². The molecule has 0 radical (unpaired) electrons. The predicted octanol–water partition coefficient (Wildman–Crippen LogP) is 1.45. The second-order valence-electron chi connectivity index (χ2n) is 4.37. The van der Waals surface area contributed by atoms with E-state index in [1.807, 2.05) is 0 Å². The fraction of sp³-hybridized carbons (Fsp3) is 1.00. The molecule has 0 aromatic heterocycles. The highest BCUT2D eigenvalue weighted by atomic mass is 32.2. The Balaban J connectivity index is 3.55. The second-order valence-corrected chi connectivity index (χ2v) is 7.04. The molecule has 0 atom stereocenters. The van der Waals surface area contributed by atoms with Crippen LogP contribution >= 0.6 is 0 Å². The summed E-state index contributed by atoms with van der Waals surface area (Å²) in [6.07, 6.45) is 0.716. The third kappa shape index (κ3) is 6.38. The first-order chi connectivity index (χ1) is 6.36. The van der Waals surface area contributed by atoms with Gasteiger partial charge in [0, 0.05) is 0 Å². The molecule has 0 aliphatic heterocycles. The van der Waals surface area contributed by atoms with Crippen LogP contribution in [0.4, 0.5) is 0 Å². The molecular weight excluding hydrogens is 198 g/mol. The zero-order valence-electron chi connectivity index (χ0n) is 9.71. The van der Waals surface area contributed by atoms with Gasteiger partial charge in [-0.15, -0.1) is 0 Å². The lowest BCUT2D eigenvalue weighted by Crippen LogP contribution is -2.24. The first-order valence-electron chi connectivity index (χ1n) is 5.28. The van der Waals surface area contributed by atoms with E-state index >= 15 is 0 Å². The lowest BCUT2D eigenvalue weighted by Gasteiger charge is -2.09. The molecule has 1 N–H and O–H groups in total. The van der Waals surface area contributed by atoms with Gasteiger partial charge >= 0.3 is 0 Å². The van der Waals surface area contributed by atoms with Crippen molar-refractivity contribution >= 4 is 9.84 Å². The average molecular weight is 221 g/mol. The molecule has 0 aromatic rings. The van der Waals surface area contributed by atoms with Crippen LogP contribution in [0.1, 0.15) is 34.1 Å². The van der Waals surface area contributed by atoms with E-state index in [1.165, 1.54) is 0 Å². The van der Waals surface area contributed by atoms with Crippen LogP contribution in [0.3, 0.4) is 0 Å². The van der Waals surface area contributed by atoms with E-state index < -0.39 is 9.84 Å². The molecule has 0 heterocycles. The minimum Gasteiger partial charge on any atom is -0.316 e. The fourth-order valence-corrected chi connectivity index (χ4v) is 2.04. The first-order valence-corrected chi connectivity index (χ1v) is 7.00. The van der Waals surface area contributed by atoms with Crippen molar-refractivity contribution in [3.63, 3.8) is 0 Å². The van der Waals surface area contributed by atoms with Crippen LogP contribution in [-0.2, 0) is 9.84 Å². The highest BCUT2D eigenvalue weighted by Gasteiger charge is 2.14. The summed E-state index contributed by atoms with van der Waals surface area (Å²) in [7, 11) is -2.84. The molecule has 0 saturated carbocycles. The molecule has 0 fully saturated rings. The van der Waals surface area contributed by atoms with Gasteiger partial charge < -0.3 is 5.32 Å². The molecule has 0 aromatic carbocycles. The summed E-state index contributed by atoms with van der Waals surface area (Å²) in [6.45, 7) is 9.50. The third-order valence-electron chi connectivity index (χ3n) is 2.05. The van der Waals surface area contributed by atoms with Crippen LogP contribution in [0, 0.1) is 5.92 Å². The summed E-state index contributed by atoms with van der Waals surface area (Å²) in [4.78, 5) is 0. The van der Waals surface area contributed by atoms with Crippen LogP contribution in [0.5, 0.6) is 0 Å². The van der Waals surface area contributed by atoms with Gasteiger partial charge in [-0.2, -0.15) is 0 Å². The Hall–Kier alpha value is -0.0900. The standard InChI is InChI=1S/C10H23NO2S/c1-9(2)8-11-6-5-7-14(12,13)10(3)4/h9-11H,5-8H2,1-4H3. The Morgan fingerprint density at radius 1 is 1.14 bits per heavy atom. The van der Waals surface area contributed by atoms with E-state index in [1.54, 1.807) is 13.8 Å². The number of hydrogen-bond donors (Lipinski definition) is 1. The second kappa shape index (κ2) is 6.40. The Bertz CT molecular complexity index is 233. The molecule has 0 amide bonds. The average Bonchev–Trinajstić information content (AvgIpc) is 2.02. The van der Waals surface area contributed by atoms with Gasteiger partial charge in [0.25, 0.3) is 0 Å². The van der Waals surface area contributed by atoms with Gasteiger partial charge in [0.1, 0.15) is 0 Å². The van der Waals surface area contributed by atoms with Crippen molar-refractivity contribution in [3.8, 4) is 0 Å². The van der Waals surface area contributed by atoms with E-state index in [9.17, 15) is 8.42 Å². The lowest BCUT2D eigenvalue weighted by molar-refractivity contribution is 0.545. The molecular formula is C10H23NO2S.